The maximum absolute atomic E-state index is 13.2. The number of aryl methyl sites for hydroxylation is 1. The van der Waals surface area contributed by atoms with Crippen molar-refractivity contribution in [1.29, 1.82) is 0 Å². The van der Waals surface area contributed by atoms with Crippen LogP contribution in [-0.2, 0) is 12.8 Å². The predicted molar refractivity (Wildman–Crippen MR) is 80.4 cm³/mol. The highest BCUT2D eigenvalue weighted by Crippen LogP contribution is 2.28. The van der Waals surface area contributed by atoms with Crippen molar-refractivity contribution in [2.45, 2.75) is 19.8 Å². The van der Waals surface area contributed by atoms with Gasteiger partial charge in [0.25, 0.3) is 0 Å². The molecule has 3 rings (SSSR count). The molecule has 3 aromatic rings. The lowest BCUT2D eigenvalue weighted by Gasteiger charge is -2.03. The average molecular weight is 287 g/mol. The largest absolute Gasteiger partial charge is 0.383 e. The van der Waals surface area contributed by atoms with Crippen molar-refractivity contribution in [2.24, 2.45) is 0 Å². The smallest absolute Gasteiger partial charge is 0.136 e. The number of nitrogen functional groups attached to an aromatic ring is 1. The van der Waals surface area contributed by atoms with E-state index in [4.69, 9.17) is 5.73 Å². The molecule has 0 atom stereocenters. The van der Waals surface area contributed by atoms with Crippen LogP contribution in [0.15, 0.2) is 30.3 Å². The Morgan fingerprint density at radius 3 is 2.85 bits per heavy atom. The summed E-state index contributed by atoms with van der Waals surface area (Å²) in [4.78, 5) is 11.0. The first kappa shape index (κ1) is 13.0. The van der Waals surface area contributed by atoms with Gasteiger partial charge in [-0.3, -0.25) is 0 Å². The van der Waals surface area contributed by atoms with Gasteiger partial charge in [0.05, 0.1) is 5.39 Å². The van der Waals surface area contributed by atoms with Crippen LogP contribution in [0.3, 0.4) is 0 Å². The standard InChI is InChI=1S/C15H14FN3S/c1-2-11-8-12-14(17)18-13(19-15(12)20-11)7-9-4-3-5-10(16)6-9/h3-6,8H,2,7H2,1H3,(H2,17,18,19). The molecule has 0 fully saturated rings. The first-order chi connectivity index (χ1) is 9.65. The van der Waals surface area contributed by atoms with E-state index in [1.165, 1.54) is 17.0 Å². The van der Waals surface area contributed by atoms with Crippen molar-refractivity contribution in [3.8, 4) is 0 Å². The van der Waals surface area contributed by atoms with Gasteiger partial charge in [0.2, 0.25) is 0 Å². The molecule has 5 heteroatoms. The number of anilines is 1. The maximum Gasteiger partial charge on any atom is 0.136 e. The molecule has 3 nitrogen and oxygen atoms in total. The van der Waals surface area contributed by atoms with E-state index in [1.54, 1.807) is 17.4 Å². The number of hydrogen-bond acceptors (Lipinski definition) is 4. The molecular weight excluding hydrogens is 273 g/mol. The lowest BCUT2D eigenvalue weighted by atomic mass is 10.1. The number of hydrogen-bond donors (Lipinski definition) is 1. The Bertz CT molecular complexity index is 767. The Labute approximate surface area is 120 Å². The molecule has 20 heavy (non-hydrogen) atoms. The van der Waals surface area contributed by atoms with Crippen molar-refractivity contribution in [2.75, 3.05) is 5.73 Å². The Morgan fingerprint density at radius 2 is 2.10 bits per heavy atom. The normalized spacial score (nSPS) is 11.1. The van der Waals surface area contributed by atoms with Gasteiger partial charge in [-0.2, -0.15) is 0 Å². The van der Waals surface area contributed by atoms with Gasteiger partial charge in [0, 0.05) is 11.3 Å². The quantitative estimate of drug-likeness (QED) is 0.801. The second-order valence-electron chi connectivity index (χ2n) is 4.62. The number of fused-ring (bicyclic) bond motifs is 1. The van der Waals surface area contributed by atoms with Gasteiger partial charge in [-0.15, -0.1) is 11.3 Å². The fraction of sp³-hybridized carbons (Fsp3) is 0.200. The summed E-state index contributed by atoms with van der Waals surface area (Å²) >= 11 is 1.63. The minimum absolute atomic E-state index is 0.249. The molecule has 102 valence electrons. The molecule has 0 saturated heterocycles. The molecule has 2 aromatic heterocycles. The highest BCUT2D eigenvalue weighted by molar-refractivity contribution is 7.18. The molecule has 0 amide bonds. The van der Waals surface area contributed by atoms with Crippen LogP contribution in [0.1, 0.15) is 23.2 Å². The van der Waals surface area contributed by atoms with E-state index in [1.807, 2.05) is 12.1 Å². The number of nitrogens with zero attached hydrogens (tertiary/aromatic N) is 2. The van der Waals surface area contributed by atoms with Crippen molar-refractivity contribution >= 4 is 27.4 Å². The summed E-state index contributed by atoms with van der Waals surface area (Å²) in [6.45, 7) is 2.10. The minimum Gasteiger partial charge on any atom is -0.383 e. The third kappa shape index (κ3) is 2.49. The van der Waals surface area contributed by atoms with E-state index in [-0.39, 0.29) is 5.82 Å². The second-order valence-corrected chi connectivity index (χ2v) is 5.73. The fourth-order valence-electron chi connectivity index (χ4n) is 2.12. The molecule has 2 heterocycles. The van der Waals surface area contributed by atoms with Gasteiger partial charge in [-0.1, -0.05) is 19.1 Å². The van der Waals surface area contributed by atoms with Gasteiger partial charge in [0.15, 0.2) is 0 Å². The van der Waals surface area contributed by atoms with Crippen LogP contribution in [0, 0.1) is 5.82 Å². The van der Waals surface area contributed by atoms with Crippen LogP contribution < -0.4 is 5.73 Å². The van der Waals surface area contributed by atoms with E-state index in [0.29, 0.717) is 18.1 Å². The summed E-state index contributed by atoms with van der Waals surface area (Å²) in [6.07, 6.45) is 1.44. The molecule has 0 saturated carbocycles. The van der Waals surface area contributed by atoms with Crippen molar-refractivity contribution in [1.82, 2.24) is 9.97 Å². The van der Waals surface area contributed by atoms with Gasteiger partial charge < -0.3 is 5.73 Å². The van der Waals surface area contributed by atoms with Gasteiger partial charge in [0.1, 0.15) is 22.3 Å². The Hall–Kier alpha value is -2.01. The second kappa shape index (κ2) is 5.17. The van der Waals surface area contributed by atoms with Crippen LogP contribution in [0.4, 0.5) is 10.2 Å². The molecule has 1 aromatic carbocycles. The topological polar surface area (TPSA) is 51.8 Å². The Kier molecular flexibility index (Phi) is 3.36. The summed E-state index contributed by atoms with van der Waals surface area (Å²) < 4.78 is 13.2. The first-order valence-corrected chi connectivity index (χ1v) is 7.26. The number of aromatic nitrogens is 2. The molecule has 0 bridgehead atoms. The van der Waals surface area contributed by atoms with E-state index < -0.39 is 0 Å². The first-order valence-electron chi connectivity index (χ1n) is 6.45. The third-order valence-corrected chi connectivity index (χ3v) is 4.29. The molecule has 0 unspecified atom stereocenters. The van der Waals surface area contributed by atoms with Crippen molar-refractivity contribution in [3.05, 3.63) is 52.4 Å². The van der Waals surface area contributed by atoms with Crippen molar-refractivity contribution < 1.29 is 4.39 Å². The lowest BCUT2D eigenvalue weighted by molar-refractivity contribution is 0.626. The highest BCUT2D eigenvalue weighted by atomic mass is 32.1. The van der Waals surface area contributed by atoms with Crippen LogP contribution in [0.5, 0.6) is 0 Å². The molecule has 2 N–H and O–H groups in total. The summed E-state index contributed by atoms with van der Waals surface area (Å²) in [5.74, 6) is 0.878. The van der Waals surface area contributed by atoms with E-state index in [2.05, 4.69) is 16.9 Å². The zero-order chi connectivity index (χ0) is 14.1. The summed E-state index contributed by atoms with van der Waals surface area (Å²) in [5, 5.41) is 0.912. The molecule has 0 aliphatic heterocycles. The highest BCUT2D eigenvalue weighted by Gasteiger charge is 2.10. The van der Waals surface area contributed by atoms with Crippen LogP contribution >= 0.6 is 11.3 Å². The maximum atomic E-state index is 13.2. The third-order valence-electron chi connectivity index (χ3n) is 3.12. The van der Waals surface area contributed by atoms with E-state index in [0.717, 1.165) is 22.2 Å². The molecule has 0 aliphatic rings. The van der Waals surface area contributed by atoms with Gasteiger partial charge in [-0.05, 0) is 30.2 Å². The summed E-state index contributed by atoms with van der Waals surface area (Å²) in [5.41, 5.74) is 6.83. The molecule has 0 spiro atoms. The van der Waals surface area contributed by atoms with E-state index >= 15 is 0 Å². The average Bonchev–Trinajstić information content (AvgIpc) is 2.82. The van der Waals surface area contributed by atoms with Crippen LogP contribution in [-0.4, -0.2) is 9.97 Å². The Morgan fingerprint density at radius 1 is 1.25 bits per heavy atom. The monoisotopic (exact) mass is 287 g/mol. The zero-order valence-electron chi connectivity index (χ0n) is 11.1. The van der Waals surface area contributed by atoms with E-state index in [9.17, 15) is 4.39 Å². The lowest BCUT2D eigenvalue weighted by Crippen LogP contribution is -2.00. The number of rotatable bonds is 3. The summed E-state index contributed by atoms with van der Waals surface area (Å²) in [7, 11) is 0. The van der Waals surface area contributed by atoms with Gasteiger partial charge in [-0.25, -0.2) is 14.4 Å². The van der Waals surface area contributed by atoms with Crippen LogP contribution in [0.2, 0.25) is 0 Å². The van der Waals surface area contributed by atoms with Gasteiger partial charge >= 0.3 is 0 Å². The minimum atomic E-state index is -0.249. The van der Waals surface area contributed by atoms with Crippen molar-refractivity contribution in [3.63, 3.8) is 0 Å². The zero-order valence-corrected chi connectivity index (χ0v) is 11.9. The predicted octanol–water partition coefficient (Wildman–Crippen LogP) is 3.57. The fourth-order valence-corrected chi connectivity index (χ4v) is 3.12. The number of halogens is 1. The molecule has 0 aliphatic carbocycles. The van der Waals surface area contributed by atoms with Crippen LogP contribution in [0.25, 0.3) is 10.2 Å². The number of nitrogens with two attached hydrogens (primary N) is 1. The number of thiophene rings is 1. The molecular formula is C15H14FN3S. The summed E-state index contributed by atoms with van der Waals surface area (Å²) in [6, 6.07) is 8.51. The number of benzene rings is 1. The Balaban J connectivity index is 1.99. The SMILES string of the molecule is CCc1cc2c(N)nc(Cc3cccc(F)c3)nc2s1. The molecule has 0 radical (unpaired) electrons.